The largest absolute Gasteiger partial charge is 0.491 e. The molecule has 0 radical (unpaired) electrons. The van der Waals surface area contributed by atoms with E-state index in [0.717, 1.165) is 34.7 Å². The Balaban J connectivity index is 1.41. The average molecular weight is 513 g/mol. The summed E-state index contributed by atoms with van der Waals surface area (Å²) in [5, 5.41) is 4.64. The third kappa shape index (κ3) is 5.13. The number of nitrogens with zero attached hydrogens (tertiary/aromatic N) is 2. The van der Waals surface area contributed by atoms with Gasteiger partial charge in [0, 0.05) is 35.8 Å². The fraction of sp³-hybridized carbons (Fsp3) is 0.280. The lowest BCUT2D eigenvalue weighted by molar-refractivity contribution is 0.000219. The molecular formula is C25H25ClN4O4S. The number of halogens is 1. The Hall–Kier alpha value is -3.11. The van der Waals surface area contributed by atoms with E-state index < -0.39 is 5.91 Å². The van der Waals surface area contributed by atoms with E-state index in [-0.39, 0.29) is 12.2 Å². The van der Waals surface area contributed by atoms with Gasteiger partial charge in [-0.1, -0.05) is 29.8 Å². The number of morpholine rings is 1. The first-order valence-corrected chi connectivity index (χ1v) is 12.5. The highest BCUT2D eigenvalue weighted by molar-refractivity contribution is 7.16. The molecule has 1 unspecified atom stereocenters. The van der Waals surface area contributed by atoms with E-state index >= 15 is 0 Å². The van der Waals surface area contributed by atoms with Gasteiger partial charge in [0.25, 0.3) is 5.91 Å². The van der Waals surface area contributed by atoms with Crippen molar-refractivity contribution in [3.63, 3.8) is 0 Å². The maximum atomic E-state index is 12.2. The van der Waals surface area contributed by atoms with E-state index in [9.17, 15) is 4.79 Å². The van der Waals surface area contributed by atoms with Crippen molar-refractivity contribution >= 4 is 39.9 Å². The Morgan fingerprint density at radius 2 is 2.20 bits per heavy atom. The average Bonchev–Trinajstić information content (AvgIpc) is 3.47. The third-order valence-electron chi connectivity index (χ3n) is 5.75. The molecule has 1 aliphatic rings. The standard InChI is InChI=1S/C25H25ClN4O4S/c1-15(18-4-2-3-5-19(18)26)34-22-11-23(35-24(22)25(27)31)30-14-29-20-7-6-16(10-21(20)30)33-13-17-12-28-8-9-32-17/h2-7,10-11,14-15,17,28H,8-9,12-13H2,1H3,(H2,27,31)/t15-,17?/m1/s1. The first kappa shape index (κ1) is 23.6. The van der Waals surface area contributed by atoms with Crippen LogP contribution in [0.15, 0.2) is 54.9 Å². The minimum Gasteiger partial charge on any atom is -0.491 e. The minimum atomic E-state index is -0.558. The summed E-state index contributed by atoms with van der Waals surface area (Å²) in [6.07, 6.45) is 1.35. The summed E-state index contributed by atoms with van der Waals surface area (Å²) >= 11 is 7.57. The number of nitrogens with one attached hydrogen (secondary N) is 1. The number of imidazole rings is 1. The zero-order valence-corrected chi connectivity index (χ0v) is 20.6. The van der Waals surface area contributed by atoms with Crippen LogP contribution in [0.3, 0.4) is 0 Å². The molecule has 4 aromatic rings. The van der Waals surface area contributed by atoms with Crippen LogP contribution in [0, 0.1) is 0 Å². The molecular weight excluding hydrogens is 488 g/mol. The number of hydrogen-bond acceptors (Lipinski definition) is 7. The van der Waals surface area contributed by atoms with Crippen LogP contribution < -0.4 is 20.5 Å². The molecule has 1 amide bonds. The van der Waals surface area contributed by atoms with Crippen molar-refractivity contribution in [3.8, 4) is 16.5 Å². The van der Waals surface area contributed by atoms with E-state index in [0.29, 0.717) is 34.6 Å². The quantitative estimate of drug-likeness (QED) is 0.364. The van der Waals surface area contributed by atoms with Crippen molar-refractivity contribution in [2.75, 3.05) is 26.3 Å². The van der Waals surface area contributed by atoms with Crippen LogP contribution in [0.2, 0.25) is 5.02 Å². The predicted molar refractivity (Wildman–Crippen MR) is 136 cm³/mol. The molecule has 2 aromatic heterocycles. The molecule has 0 saturated carbocycles. The van der Waals surface area contributed by atoms with Gasteiger partial charge in [0.1, 0.15) is 46.5 Å². The second kappa shape index (κ2) is 10.2. The van der Waals surface area contributed by atoms with Gasteiger partial charge in [-0.3, -0.25) is 9.36 Å². The van der Waals surface area contributed by atoms with Crippen molar-refractivity contribution < 1.29 is 19.0 Å². The van der Waals surface area contributed by atoms with Gasteiger partial charge in [-0.25, -0.2) is 4.98 Å². The first-order chi connectivity index (χ1) is 17.0. The normalized spacial score (nSPS) is 16.8. The summed E-state index contributed by atoms with van der Waals surface area (Å²) in [5.74, 6) is 0.558. The highest BCUT2D eigenvalue weighted by Gasteiger charge is 2.21. The molecule has 182 valence electrons. The summed E-state index contributed by atoms with van der Waals surface area (Å²) in [5.41, 5.74) is 8.14. The predicted octanol–water partition coefficient (Wildman–Crippen LogP) is 4.35. The monoisotopic (exact) mass is 512 g/mol. The van der Waals surface area contributed by atoms with Gasteiger partial charge in [0.15, 0.2) is 0 Å². The second-order valence-corrected chi connectivity index (χ2v) is 9.63. The van der Waals surface area contributed by atoms with Crippen molar-refractivity contribution in [1.29, 1.82) is 0 Å². The van der Waals surface area contributed by atoms with Crippen molar-refractivity contribution in [1.82, 2.24) is 14.9 Å². The fourth-order valence-corrected chi connectivity index (χ4v) is 5.18. The SMILES string of the molecule is C[C@@H](Oc1cc(-n2cnc3ccc(OCC4CNCCO4)cc32)sc1C(N)=O)c1ccccc1Cl. The van der Waals surface area contributed by atoms with Crippen molar-refractivity contribution in [2.45, 2.75) is 19.1 Å². The summed E-state index contributed by atoms with van der Waals surface area (Å²) in [7, 11) is 0. The third-order valence-corrected chi connectivity index (χ3v) is 7.23. The minimum absolute atomic E-state index is 0.0135. The molecule has 1 aliphatic heterocycles. The number of thiophene rings is 1. The maximum Gasteiger partial charge on any atom is 0.262 e. The molecule has 0 aliphatic carbocycles. The molecule has 0 spiro atoms. The topological polar surface area (TPSA) is 101 Å². The van der Waals surface area contributed by atoms with E-state index in [2.05, 4.69) is 10.3 Å². The number of benzene rings is 2. The number of carbonyl (C=O) groups is 1. The smallest absolute Gasteiger partial charge is 0.262 e. The number of hydrogen-bond donors (Lipinski definition) is 2. The van der Waals surface area contributed by atoms with Crippen LogP contribution in [0.5, 0.6) is 11.5 Å². The number of ether oxygens (including phenoxy) is 3. The van der Waals surface area contributed by atoms with E-state index in [1.54, 1.807) is 18.5 Å². The Morgan fingerprint density at radius 3 is 2.97 bits per heavy atom. The molecule has 35 heavy (non-hydrogen) atoms. The molecule has 2 aromatic carbocycles. The van der Waals surface area contributed by atoms with Crippen molar-refractivity contribution in [3.05, 3.63) is 70.3 Å². The highest BCUT2D eigenvalue weighted by atomic mass is 35.5. The number of primary amides is 1. The van der Waals surface area contributed by atoms with Crippen molar-refractivity contribution in [2.24, 2.45) is 5.73 Å². The Labute approximate surface area is 211 Å². The Bertz CT molecular complexity index is 1350. The maximum absolute atomic E-state index is 12.2. The van der Waals surface area contributed by atoms with Gasteiger partial charge in [-0.2, -0.15) is 0 Å². The van der Waals surface area contributed by atoms with Crippen LogP contribution in [-0.2, 0) is 4.74 Å². The van der Waals surface area contributed by atoms with Crippen LogP contribution in [0.1, 0.15) is 28.3 Å². The van der Waals surface area contributed by atoms with Gasteiger partial charge in [0.2, 0.25) is 0 Å². The molecule has 10 heteroatoms. The van der Waals surface area contributed by atoms with Gasteiger partial charge < -0.3 is 25.3 Å². The number of nitrogens with two attached hydrogens (primary N) is 1. The van der Waals surface area contributed by atoms with Crippen LogP contribution in [0.25, 0.3) is 16.0 Å². The summed E-state index contributed by atoms with van der Waals surface area (Å²) < 4.78 is 19.7. The molecule has 3 heterocycles. The molecule has 2 atom stereocenters. The van der Waals surface area contributed by atoms with Crippen LogP contribution in [0.4, 0.5) is 0 Å². The van der Waals surface area contributed by atoms with Gasteiger partial charge in [0.05, 0.1) is 17.6 Å². The number of carbonyl (C=O) groups excluding carboxylic acids is 1. The van der Waals surface area contributed by atoms with Gasteiger partial charge in [-0.05, 0) is 25.1 Å². The summed E-state index contributed by atoms with van der Waals surface area (Å²) in [4.78, 5) is 17.0. The zero-order chi connectivity index (χ0) is 24.4. The Morgan fingerprint density at radius 1 is 1.34 bits per heavy atom. The van der Waals surface area contributed by atoms with E-state index in [4.69, 9.17) is 31.5 Å². The molecule has 0 bridgehead atoms. The molecule has 1 fully saturated rings. The molecule has 5 rings (SSSR count). The first-order valence-electron chi connectivity index (χ1n) is 11.3. The van der Waals surface area contributed by atoms with E-state index in [1.165, 1.54) is 11.3 Å². The molecule has 1 saturated heterocycles. The summed E-state index contributed by atoms with van der Waals surface area (Å²) in [6.45, 7) is 4.64. The molecule has 8 nitrogen and oxygen atoms in total. The van der Waals surface area contributed by atoms with Crippen LogP contribution in [-0.4, -0.2) is 47.9 Å². The van der Waals surface area contributed by atoms with Crippen LogP contribution >= 0.6 is 22.9 Å². The summed E-state index contributed by atoms with van der Waals surface area (Å²) in [6, 6.07) is 15.0. The van der Waals surface area contributed by atoms with Gasteiger partial charge >= 0.3 is 0 Å². The second-order valence-electron chi connectivity index (χ2n) is 8.20. The highest BCUT2D eigenvalue weighted by Crippen LogP contribution is 2.37. The number of amides is 1. The number of aromatic nitrogens is 2. The zero-order valence-electron chi connectivity index (χ0n) is 19.1. The lowest BCUT2D eigenvalue weighted by Crippen LogP contribution is -2.41. The number of rotatable bonds is 8. The van der Waals surface area contributed by atoms with Gasteiger partial charge in [-0.15, -0.1) is 11.3 Å². The molecule has 3 N–H and O–H groups in total. The lowest BCUT2D eigenvalue weighted by Gasteiger charge is -2.23. The lowest BCUT2D eigenvalue weighted by atomic mass is 10.1. The number of fused-ring (bicyclic) bond motifs is 1. The van der Waals surface area contributed by atoms with E-state index in [1.807, 2.05) is 47.9 Å². The Kier molecular flexibility index (Phi) is 6.92. The fourth-order valence-electron chi connectivity index (χ4n) is 3.97.